The van der Waals surface area contributed by atoms with Crippen LogP contribution in [0.4, 0.5) is 5.82 Å². The number of piperidine rings is 1. The third kappa shape index (κ3) is 2.84. The summed E-state index contributed by atoms with van der Waals surface area (Å²) in [6.45, 7) is 4.59. The SMILES string of the molecule is CCOC1CCN(c2nc3ccccc3cc2C#N)CC1. The zero-order valence-corrected chi connectivity index (χ0v) is 12.2. The highest BCUT2D eigenvalue weighted by Gasteiger charge is 2.22. The van der Waals surface area contributed by atoms with Crippen LogP contribution in [0.25, 0.3) is 10.9 Å². The number of nitriles is 1. The van der Waals surface area contributed by atoms with E-state index < -0.39 is 0 Å². The summed E-state index contributed by atoms with van der Waals surface area (Å²) in [6, 6.07) is 12.2. The van der Waals surface area contributed by atoms with Gasteiger partial charge in [0.05, 0.1) is 17.2 Å². The van der Waals surface area contributed by atoms with E-state index in [0.717, 1.165) is 49.3 Å². The molecule has 4 nitrogen and oxygen atoms in total. The van der Waals surface area contributed by atoms with E-state index in [1.807, 2.05) is 37.3 Å². The Labute approximate surface area is 125 Å². The molecule has 4 heteroatoms. The normalized spacial score (nSPS) is 16.1. The highest BCUT2D eigenvalue weighted by molar-refractivity contribution is 5.83. The predicted octanol–water partition coefficient (Wildman–Crippen LogP) is 3.11. The van der Waals surface area contributed by atoms with Crippen LogP contribution < -0.4 is 4.90 Å². The number of pyridine rings is 1. The molecule has 1 aromatic carbocycles. The Balaban J connectivity index is 1.88. The quantitative estimate of drug-likeness (QED) is 0.867. The molecule has 1 fully saturated rings. The van der Waals surface area contributed by atoms with Crippen molar-refractivity contribution >= 4 is 16.7 Å². The van der Waals surface area contributed by atoms with Crippen LogP contribution >= 0.6 is 0 Å². The van der Waals surface area contributed by atoms with E-state index >= 15 is 0 Å². The topological polar surface area (TPSA) is 49.1 Å². The first-order chi connectivity index (χ1) is 10.3. The lowest BCUT2D eigenvalue weighted by atomic mass is 10.1. The summed E-state index contributed by atoms with van der Waals surface area (Å²) in [7, 11) is 0. The van der Waals surface area contributed by atoms with Crippen molar-refractivity contribution in [2.24, 2.45) is 0 Å². The van der Waals surface area contributed by atoms with Crippen molar-refractivity contribution in [3.05, 3.63) is 35.9 Å². The van der Waals surface area contributed by atoms with Crippen molar-refractivity contribution in [3.63, 3.8) is 0 Å². The molecule has 1 aromatic heterocycles. The minimum Gasteiger partial charge on any atom is -0.378 e. The first-order valence-corrected chi connectivity index (χ1v) is 7.48. The molecule has 1 saturated heterocycles. The van der Waals surface area contributed by atoms with E-state index in [-0.39, 0.29) is 0 Å². The number of para-hydroxylation sites is 1. The Morgan fingerprint density at radius 3 is 2.81 bits per heavy atom. The van der Waals surface area contributed by atoms with Crippen LogP contribution in [0.1, 0.15) is 25.3 Å². The van der Waals surface area contributed by atoms with E-state index in [2.05, 4.69) is 11.0 Å². The molecule has 0 amide bonds. The molecule has 0 bridgehead atoms. The van der Waals surface area contributed by atoms with Gasteiger partial charge in [0.25, 0.3) is 0 Å². The Bertz CT molecular complexity index is 669. The summed E-state index contributed by atoms with van der Waals surface area (Å²) < 4.78 is 5.68. The van der Waals surface area contributed by atoms with Gasteiger partial charge in [0.2, 0.25) is 0 Å². The summed E-state index contributed by atoms with van der Waals surface area (Å²) in [5.41, 5.74) is 1.60. The van der Waals surface area contributed by atoms with Gasteiger partial charge in [-0.15, -0.1) is 0 Å². The summed E-state index contributed by atoms with van der Waals surface area (Å²) >= 11 is 0. The van der Waals surface area contributed by atoms with E-state index in [0.29, 0.717) is 11.7 Å². The number of fused-ring (bicyclic) bond motifs is 1. The molecule has 3 rings (SSSR count). The molecule has 0 atom stereocenters. The van der Waals surface area contributed by atoms with Gasteiger partial charge in [-0.1, -0.05) is 18.2 Å². The fourth-order valence-electron chi connectivity index (χ4n) is 2.90. The monoisotopic (exact) mass is 281 g/mol. The highest BCUT2D eigenvalue weighted by Crippen LogP contribution is 2.26. The van der Waals surface area contributed by atoms with Crippen LogP contribution in [0.15, 0.2) is 30.3 Å². The minimum atomic E-state index is 0.345. The van der Waals surface area contributed by atoms with Crippen LogP contribution in [-0.4, -0.2) is 30.8 Å². The fraction of sp³-hybridized carbons (Fsp3) is 0.412. The Hall–Kier alpha value is -2.12. The summed E-state index contributed by atoms with van der Waals surface area (Å²) in [5.74, 6) is 0.811. The maximum Gasteiger partial charge on any atom is 0.147 e. The molecule has 1 aliphatic rings. The van der Waals surface area contributed by atoms with E-state index in [9.17, 15) is 5.26 Å². The lowest BCUT2D eigenvalue weighted by molar-refractivity contribution is 0.0458. The minimum absolute atomic E-state index is 0.345. The van der Waals surface area contributed by atoms with Crippen LogP contribution in [0.5, 0.6) is 0 Å². The first-order valence-electron chi connectivity index (χ1n) is 7.48. The van der Waals surface area contributed by atoms with Gasteiger partial charge in [-0.05, 0) is 31.9 Å². The number of hydrogen-bond donors (Lipinski definition) is 0. The molecule has 0 saturated carbocycles. The molecule has 0 unspecified atom stereocenters. The first kappa shape index (κ1) is 13.8. The molecule has 0 N–H and O–H groups in total. The van der Waals surface area contributed by atoms with Gasteiger partial charge in [-0.2, -0.15) is 5.26 Å². The molecular formula is C17H19N3O. The Morgan fingerprint density at radius 2 is 2.10 bits per heavy atom. The average Bonchev–Trinajstić information content (AvgIpc) is 2.54. The number of hydrogen-bond acceptors (Lipinski definition) is 4. The van der Waals surface area contributed by atoms with Crippen molar-refractivity contribution in [2.45, 2.75) is 25.9 Å². The lowest BCUT2D eigenvalue weighted by Crippen LogP contribution is -2.38. The zero-order valence-electron chi connectivity index (χ0n) is 12.2. The maximum absolute atomic E-state index is 9.40. The molecular weight excluding hydrogens is 262 g/mol. The van der Waals surface area contributed by atoms with Crippen LogP contribution in [0.3, 0.4) is 0 Å². The van der Waals surface area contributed by atoms with E-state index in [4.69, 9.17) is 9.72 Å². The molecule has 0 aliphatic carbocycles. The van der Waals surface area contributed by atoms with Crippen LogP contribution in [0, 0.1) is 11.3 Å². The predicted molar refractivity (Wildman–Crippen MR) is 83.3 cm³/mol. The molecule has 0 spiro atoms. The molecule has 1 aliphatic heterocycles. The third-order valence-electron chi connectivity index (χ3n) is 3.97. The maximum atomic E-state index is 9.40. The van der Waals surface area contributed by atoms with Gasteiger partial charge in [-0.25, -0.2) is 4.98 Å². The van der Waals surface area contributed by atoms with Crippen molar-refractivity contribution in [3.8, 4) is 6.07 Å². The zero-order chi connectivity index (χ0) is 14.7. The lowest BCUT2D eigenvalue weighted by Gasteiger charge is -2.33. The van der Waals surface area contributed by atoms with Gasteiger partial charge in [0, 0.05) is 25.1 Å². The standard InChI is InChI=1S/C17H19N3O/c1-2-21-15-7-9-20(10-8-15)17-14(12-18)11-13-5-3-4-6-16(13)19-17/h3-6,11,15H,2,7-10H2,1H3. The smallest absolute Gasteiger partial charge is 0.147 e. The highest BCUT2D eigenvalue weighted by atomic mass is 16.5. The summed E-state index contributed by atoms with van der Waals surface area (Å²) in [6.07, 6.45) is 2.33. The molecule has 0 radical (unpaired) electrons. The fourth-order valence-corrected chi connectivity index (χ4v) is 2.90. The van der Waals surface area contributed by atoms with Gasteiger partial charge in [0.1, 0.15) is 11.9 Å². The molecule has 21 heavy (non-hydrogen) atoms. The van der Waals surface area contributed by atoms with Crippen molar-refractivity contribution < 1.29 is 4.74 Å². The summed E-state index contributed by atoms with van der Waals surface area (Å²) in [4.78, 5) is 6.91. The van der Waals surface area contributed by atoms with Gasteiger partial charge in [0.15, 0.2) is 0 Å². The van der Waals surface area contributed by atoms with E-state index in [1.54, 1.807) is 0 Å². The second kappa shape index (κ2) is 6.11. The Morgan fingerprint density at radius 1 is 1.33 bits per heavy atom. The Kier molecular flexibility index (Phi) is 4.03. The number of rotatable bonds is 3. The number of benzene rings is 1. The second-order valence-corrected chi connectivity index (χ2v) is 5.31. The number of ether oxygens (including phenoxy) is 1. The second-order valence-electron chi connectivity index (χ2n) is 5.31. The molecule has 2 aromatic rings. The number of nitrogens with zero attached hydrogens (tertiary/aromatic N) is 3. The van der Waals surface area contributed by atoms with Crippen molar-refractivity contribution in [1.82, 2.24) is 4.98 Å². The van der Waals surface area contributed by atoms with Gasteiger partial charge in [-0.3, -0.25) is 0 Å². The average molecular weight is 281 g/mol. The van der Waals surface area contributed by atoms with Crippen molar-refractivity contribution in [1.29, 1.82) is 5.26 Å². The molecule has 108 valence electrons. The van der Waals surface area contributed by atoms with Gasteiger partial charge < -0.3 is 9.64 Å². The molecule has 2 heterocycles. The summed E-state index contributed by atoms with van der Waals surface area (Å²) in [5, 5.41) is 10.4. The van der Waals surface area contributed by atoms with Crippen molar-refractivity contribution in [2.75, 3.05) is 24.6 Å². The van der Waals surface area contributed by atoms with Gasteiger partial charge >= 0.3 is 0 Å². The van der Waals surface area contributed by atoms with Crippen LogP contribution in [-0.2, 0) is 4.74 Å². The van der Waals surface area contributed by atoms with Crippen LogP contribution in [0.2, 0.25) is 0 Å². The third-order valence-corrected chi connectivity index (χ3v) is 3.97. The number of aromatic nitrogens is 1. The number of anilines is 1. The van der Waals surface area contributed by atoms with E-state index in [1.165, 1.54) is 0 Å². The largest absolute Gasteiger partial charge is 0.378 e.